The number of amides is 1. The highest BCUT2D eigenvalue weighted by molar-refractivity contribution is 5.90. The summed E-state index contributed by atoms with van der Waals surface area (Å²) < 4.78 is 52.4. The number of nitrogens with one attached hydrogen (secondary N) is 1. The van der Waals surface area contributed by atoms with Gasteiger partial charge in [0.15, 0.2) is 18.1 Å². The van der Waals surface area contributed by atoms with Gasteiger partial charge in [0, 0.05) is 31.7 Å². The number of halogens is 3. The maximum Gasteiger partial charge on any atom is 0.422 e. The molecule has 9 heteroatoms. The fourth-order valence-corrected chi connectivity index (χ4v) is 3.39. The van der Waals surface area contributed by atoms with Crippen molar-refractivity contribution in [2.24, 2.45) is 0 Å². The van der Waals surface area contributed by atoms with Gasteiger partial charge in [-0.15, -0.1) is 0 Å². The number of benzene rings is 2. The van der Waals surface area contributed by atoms with Crippen LogP contribution in [0.25, 0.3) is 0 Å². The maximum absolute atomic E-state index is 12.4. The van der Waals surface area contributed by atoms with Crippen molar-refractivity contribution in [3.8, 4) is 11.5 Å². The Morgan fingerprint density at radius 1 is 1.09 bits per heavy atom. The minimum atomic E-state index is -4.43. The predicted octanol–water partition coefficient (Wildman–Crippen LogP) is 4.04. The number of hydrogen-bond acceptors (Lipinski definition) is 5. The number of alkyl halides is 3. The maximum atomic E-state index is 12.4. The lowest BCUT2D eigenvalue weighted by Gasteiger charge is -2.26. The summed E-state index contributed by atoms with van der Waals surface area (Å²) in [5, 5.41) is 2.90. The van der Waals surface area contributed by atoms with E-state index in [1.54, 1.807) is 12.1 Å². The summed E-state index contributed by atoms with van der Waals surface area (Å²) in [6.07, 6.45) is -3.80. The van der Waals surface area contributed by atoms with Crippen LogP contribution in [-0.4, -0.2) is 57.0 Å². The number of ether oxygens (including phenoxy) is 3. The summed E-state index contributed by atoms with van der Waals surface area (Å²) in [6.45, 7) is 2.65. The van der Waals surface area contributed by atoms with E-state index in [1.807, 2.05) is 24.3 Å². The minimum absolute atomic E-state index is 0.00936. The Bertz CT molecular complexity index is 899. The Morgan fingerprint density at radius 3 is 2.59 bits per heavy atom. The first-order chi connectivity index (χ1) is 15.3. The van der Waals surface area contributed by atoms with Gasteiger partial charge in [-0.25, -0.2) is 0 Å². The number of hydrogen-bond donors (Lipinski definition) is 1. The van der Waals surface area contributed by atoms with Crippen LogP contribution >= 0.6 is 0 Å². The van der Waals surface area contributed by atoms with Crippen LogP contribution in [0.1, 0.15) is 17.5 Å². The molecule has 174 valence electrons. The molecule has 1 N–H and O–H groups in total. The Hall–Kier alpha value is -2.78. The van der Waals surface area contributed by atoms with Crippen LogP contribution in [0.2, 0.25) is 0 Å². The summed E-state index contributed by atoms with van der Waals surface area (Å²) in [5.41, 5.74) is 2.61. The lowest BCUT2D eigenvalue weighted by Crippen LogP contribution is -2.35. The summed E-state index contributed by atoms with van der Waals surface area (Å²) in [4.78, 5) is 14.7. The van der Waals surface area contributed by atoms with E-state index in [0.717, 1.165) is 49.7 Å². The second kappa shape index (κ2) is 11.2. The fourth-order valence-electron chi connectivity index (χ4n) is 3.39. The Labute approximate surface area is 185 Å². The molecule has 0 aliphatic carbocycles. The van der Waals surface area contributed by atoms with Gasteiger partial charge in [-0.2, -0.15) is 13.2 Å². The van der Waals surface area contributed by atoms with Crippen molar-refractivity contribution in [2.75, 3.05) is 45.3 Å². The van der Waals surface area contributed by atoms with Crippen LogP contribution in [-0.2, 0) is 22.5 Å². The molecule has 3 rings (SSSR count). The molecule has 1 saturated heterocycles. The highest BCUT2D eigenvalue weighted by Crippen LogP contribution is 2.30. The molecule has 2 aromatic rings. The molecule has 0 saturated carbocycles. The quantitative estimate of drug-likeness (QED) is 0.622. The van der Waals surface area contributed by atoms with E-state index in [9.17, 15) is 18.0 Å². The van der Waals surface area contributed by atoms with Crippen molar-refractivity contribution < 1.29 is 32.2 Å². The minimum Gasteiger partial charge on any atom is -0.493 e. The number of methoxy groups -OCH3 is 1. The molecule has 0 spiro atoms. The number of carbonyl (C=O) groups is 1. The van der Waals surface area contributed by atoms with E-state index in [2.05, 4.69) is 10.2 Å². The van der Waals surface area contributed by atoms with Crippen molar-refractivity contribution in [1.29, 1.82) is 0 Å². The van der Waals surface area contributed by atoms with E-state index in [-0.39, 0.29) is 23.8 Å². The largest absolute Gasteiger partial charge is 0.493 e. The molecule has 0 bridgehead atoms. The summed E-state index contributed by atoms with van der Waals surface area (Å²) >= 11 is 0. The van der Waals surface area contributed by atoms with Crippen LogP contribution < -0.4 is 14.8 Å². The second-order valence-electron chi connectivity index (χ2n) is 7.53. The van der Waals surface area contributed by atoms with Crippen molar-refractivity contribution in [3.63, 3.8) is 0 Å². The third kappa shape index (κ3) is 7.72. The van der Waals surface area contributed by atoms with Crippen LogP contribution in [0.5, 0.6) is 11.5 Å². The molecule has 0 radical (unpaired) electrons. The summed E-state index contributed by atoms with van der Waals surface area (Å²) in [6, 6.07) is 12.4. The highest BCUT2D eigenvalue weighted by Gasteiger charge is 2.29. The zero-order chi connectivity index (χ0) is 23.0. The third-order valence-corrected chi connectivity index (χ3v) is 4.98. The third-order valence-electron chi connectivity index (χ3n) is 4.98. The van der Waals surface area contributed by atoms with Crippen LogP contribution in [0, 0.1) is 0 Å². The van der Waals surface area contributed by atoms with Gasteiger partial charge >= 0.3 is 6.18 Å². The zero-order valence-electron chi connectivity index (χ0n) is 17.9. The van der Waals surface area contributed by atoms with Crippen molar-refractivity contribution in [3.05, 3.63) is 53.6 Å². The van der Waals surface area contributed by atoms with E-state index in [0.29, 0.717) is 6.42 Å². The molecule has 1 aliphatic heterocycles. The average Bonchev–Trinajstić information content (AvgIpc) is 2.77. The monoisotopic (exact) mass is 452 g/mol. The van der Waals surface area contributed by atoms with Crippen molar-refractivity contribution in [1.82, 2.24) is 4.90 Å². The molecule has 1 aliphatic rings. The molecular formula is C23H27F3N2O4. The average molecular weight is 452 g/mol. The van der Waals surface area contributed by atoms with Gasteiger partial charge in [-0.05, 0) is 41.8 Å². The van der Waals surface area contributed by atoms with Gasteiger partial charge in [-0.3, -0.25) is 9.69 Å². The Balaban J connectivity index is 1.51. The normalized spacial score (nSPS) is 14.8. The van der Waals surface area contributed by atoms with Crippen LogP contribution in [0.4, 0.5) is 18.9 Å². The Kier molecular flexibility index (Phi) is 8.35. The molecular weight excluding hydrogens is 425 g/mol. The van der Waals surface area contributed by atoms with Gasteiger partial charge in [0.2, 0.25) is 5.91 Å². The fraction of sp³-hybridized carbons (Fsp3) is 0.435. The summed E-state index contributed by atoms with van der Waals surface area (Å²) in [5.74, 6) is 0.0583. The molecule has 0 aromatic heterocycles. The molecule has 0 unspecified atom stereocenters. The van der Waals surface area contributed by atoms with Crippen LogP contribution in [0.15, 0.2) is 42.5 Å². The van der Waals surface area contributed by atoms with Gasteiger partial charge < -0.3 is 19.5 Å². The van der Waals surface area contributed by atoms with Gasteiger partial charge in [0.1, 0.15) is 0 Å². The van der Waals surface area contributed by atoms with Crippen molar-refractivity contribution >= 4 is 11.6 Å². The number of aryl methyl sites for hydroxylation is 1. The van der Waals surface area contributed by atoms with Gasteiger partial charge in [0.05, 0.1) is 20.3 Å². The molecule has 1 heterocycles. The standard InChI is InChI=1S/C23H27F3N2O4/c1-30-21-14-17(5-7-20(21)32-16-23(24,25)26)6-8-22(29)27-19-4-2-3-18(13-19)15-28-9-11-31-12-10-28/h2-5,7,13-14H,6,8-12,15-16H2,1H3,(H,27,29). The van der Waals surface area contributed by atoms with Crippen LogP contribution in [0.3, 0.4) is 0 Å². The molecule has 32 heavy (non-hydrogen) atoms. The molecule has 0 atom stereocenters. The first-order valence-electron chi connectivity index (χ1n) is 10.4. The van der Waals surface area contributed by atoms with E-state index < -0.39 is 12.8 Å². The van der Waals surface area contributed by atoms with Gasteiger partial charge in [0.25, 0.3) is 0 Å². The zero-order valence-corrected chi connectivity index (χ0v) is 17.9. The lowest BCUT2D eigenvalue weighted by atomic mass is 10.1. The highest BCUT2D eigenvalue weighted by atomic mass is 19.4. The smallest absolute Gasteiger partial charge is 0.422 e. The Morgan fingerprint density at radius 2 is 1.88 bits per heavy atom. The predicted molar refractivity (Wildman–Crippen MR) is 114 cm³/mol. The van der Waals surface area contributed by atoms with Crippen molar-refractivity contribution in [2.45, 2.75) is 25.6 Å². The number of morpholine rings is 1. The summed E-state index contributed by atoms with van der Waals surface area (Å²) in [7, 11) is 1.36. The molecule has 2 aromatic carbocycles. The first kappa shape index (κ1) is 23.9. The van der Waals surface area contributed by atoms with E-state index >= 15 is 0 Å². The number of rotatable bonds is 9. The number of carbonyl (C=O) groups excluding carboxylic acids is 1. The SMILES string of the molecule is COc1cc(CCC(=O)Nc2cccc(CN3CCOCC3)c2)ccc1OCC(F)(F)F. The van der Waals surface area contributed by atoms with Gasteiger partial charge in [-0.1, -0.05) is 18.2 Å². The molecule has 1 amide bonds. The van der Waals surface area contributed by atoms with E-state index in [4.69, 9.17) is 14.2 Å². The molecule has 6 nitrogen and oxygen atoms in total. The molecule has 1 fully saturated rings. The topological polar surface area (TPSA) is 60.0 Å². The van der Waals surface area contributed by atoms with E-state index in [1.165, 1.54) is 13.2 Å². The number of anilines is 1. The first-order valence-corrected chi connectivity index (χ1v) is 10.4. The number of nitrogens with zero attached hydrogens (tertiary/aromatic N) is 1. The lowest BCUT2D eigenvalue weighted by molar-refractivity contribution is -0.153. The second-order valence-corrected chi connectivity index (χ2v) is 7.53.